The third-order valence-electron chi connectivity index (χ3n) is 11.5. The molecule has 0 aliphatic carbocycles. The molecule has 0 spiro atoms. The lowest BCUT2D eigenvalue weighted by molar-refractivity contribution is 0.590. The summed E-state index contributed by atoms with van der Waals surface area (Å²) in [5.41, 5.74) is 12.4. The Balaban J connectivity index is 1.12. The van der Waals surface area contributed by atoms with Crippen LogP contribution in [0, 0.1) is 0 Å². The van der Waals surface area contributed by atoms with Gasteiger partial charge in [0.25, 0.3) is 0 Å². The van der Waals surface area contributed by atoms with Gasteiger partial charge < -0.3 is 4.57 Å². The van der Waals surface area contributed by atoms with Gasteiger partial charge in [0, 0.05) is 38.2 Å². The number of hydrogen-bond donors (Lipinski definition) is 0. The Labute approximate surface area is 324 Å². The average molecular weight is 719 g/mol. The molecule has 0 N–H and O–H groups in total. The van der Waals surface area contributed by atoms with Crippen LogP contribution in [0.4, 0.5) is 0 Å². The van der Waals surface area contributed by atoms with Crippen molar-refractivity contribution >= 4 is 65.3 Å². The average Bonchev–Trinajstić information content (AvgIpc) is 3.76. The molecule has 8 aromatic carbocycles. The van der Waals surface area contributed by atoms with Gasteiger partial charge in [-0.25, -0.2) is 9.97 Å². The van der Waals surface area contributed by atoms with Crippen LogP contribution in [-0.4, -0.2) is 19.1 Å². The Hall–Kier alpha value is -7.04. The molecule has 56 heavy (non-hydrogen) atoms. The second-order valence-corrected chi connectivity index (χ2v) is 15.9. The first-order valence-corrected chi connectivity index (χ1v) is 19.3. The van der Waals surface area contributed by atoms with E-state index >= 15 is 0 Å². The highest BCUT2D eigenvalue weighted by Gasteiger charge is 2.20. The fourth-order valence-electron chi connectivity index (χ4n) is 8.71. The largest absolute Gasteiger partial charge is 0.309 e. The first-order valence-electron chi connectivity index (χ1n) is 19.3. The summed E-state index contributed by atoms with van der Waals surface area (Å²) in [5.74, 6) is 0.665. The Kier molecular flexibility index (Phi) is 7.08. The van der Waals surface area contributed by atoms with Crippen molar-refractivity contribution in [1.82, 2.24) is 19.1 Å². The van der Waals surface area contributed by atoms with Crippen molar-refractivity contribution in [3.63, 3.8) is 0 Å². The molecule has 4 heteroatoms. The number of fused-ring (bicyclic) bond motifs is 9. The van der Waals surface area contributed by atoms with Crippen LogP contribution in [0.25, 0.3) is 99.3 Å². The maximum absolute atomic E-state index is 5.28. The molecule has 3 aromatic heterocycles. The van der Waals surface area contributed by atoms with Crippen LogP contribution in [-0.2, 0) is 5.41 Å². The SMILES string of the molecule is CC(C)(C)c1ccc(-n2c3ccc(-c4ccc5c(c4)c4ccccc4n5-c4nc(-c5ccccc5)c5ccccc5n4)cc3c3c4ccccc4ccc32)cc1. The molecule has 0 bridgehead atoms. The highest BCUT2D eigenvalue weighted by Crippen LogP contribution is 2.41. The van der Waals surface area contributed by atoms with Crippen LogP contribution in [0.15, 0.2) is 176 Å². The van der Waals surface area contributed by atoms with Crippen molar-refractivity contribution in [3.8, 4) is 34.0 Å². The van der Waals surface area contributed by atoms with E-state index in [-0.39, 0.29) is 5.41 Å². The summed E-state index contributed by atoms with van der Waals surface area (Å²) < 4.78 is 4.65. The van der Waals surface area contributed by atoms with Gasteiger partial charge in [-0.15, -0.1) is 0 Å². The van der Waals surface area contributed by atoms with Gasteiger partial charge in [-0.05, 0) is 87.5 Å². The minimum atomic E-state index is 0.0888. The summed E-state index contributed by atoms with van der Waals surface area (Å²) in [6, 6.07) is 63.5. The van der Waals surface area contributed by atoms with Gasteiger partial charge in [0.1, 0.15) is 0 Å². The molecule has 0 amide bonds. The van der Waals surface area contributed by atoms with Crippen molar-refractivity contribution in [2.24, 2.45) is 0 Å². The summed E-state index contributed by atoms with van der Waals surface area (Å²) in [7, 11) is 0. The van der Waals surface area contributed by atoms with E-state index < -0.39 is 0 Å². The molecule has 11 aromatic rings. The zero-order valence-corrected chi connectivity index (χ0v) is 31.5. The second kappa shape index (κ2) is 12.2. The molecule has 0 fully saturated rings. The number of nitrogens with zero attached hydrogens (tertiary/aromatic N) is 4. The van der Waals surface area contributed by atoms with Crippen molar-refractivity contribution in [1.29, 1.82) is 0 Å². The first kappa shape index (κ1) is 32.4. The number of hydrogen-bond acceptors (Lipinski definition) is 2. The van der Waals surface area contributed by atoms with Crippen LogP contribution < -0.4 is 0 Å². The normalized spacial score (nSPS) is 12.2. The smallest absolute Gasteiger partial charge is 0.235 e. The monoisotopic (exact) mass is 718 g/mol. The van der Waals surface area contributed by atoms with E-state index in [1.165, 1.54) is 65.7 Å². The van der Waals surface area contributed by atoms with Gasteiger partial charge in [-0.2, -0.15) is 0 Å². The molecule has 266 valence electrons. The molecule has 0 saturated heterocycles. The van der Waals surface area contributed by atoms with E-state index in [1.807, 2.05) is 12.1 Å². The predicted octanol–water partition coefficient (Wildman–Crippen LogP) is 13.6. The highest BCUT2D eigenvalue weighted by molar-refractivity contribution is 6.22. The molecule has 0 atom stereocenters. The van der Waals surface area contributed by atoms with Gasteiger partial charge in [-0.3, -0.25) is 4.57 Å². The van der Waals surface area contributed by atoms with E-state index in [0.717, 1.165) is 33.2 Å². The van der Waals surface area contributed by atoms with Gasteiger partial charge >= 0.3 is 0 Å². The lowest BCUT2D eigenvalue weighted by atomic mass is 9.87. The zero-order valence-electron chi connectivity index (χ0n) is 31.5. The minimum Gasteiger partial charge on any atom is -0.309 e. The van der Waals surface area contributed by atoms with E-state index in [2.05, 4.69) is 194 Å². The summed E-state index contributed by atoms with van der Waals surface area (Å²) in [4.78, 5) is 10.4. The quantitative estimate of drug-likeness (QED) is 0.182. The maximum atomic E-state index is 5.28. The molecule has 0 saturated carbocycles. The van der Waals surface area contributed by atoms with Crippen molar-refractivity contribution in [2.75, 3.05) is 0 Å². The molecule has 0 unspecified atom stereocenters. The Morgan fingerprint density at radius 2 is 1.02 bits per heavy atom. The Bertz CT molecular complexity index is 3320. The van der Waals surface area contributed by atoms with Gasteiger partial charge in [0.15, 0.2) is 0 Å². The number of rotatable bonds is 4. The van der Waals surface area contributed by atoms with E-state index in [4.69, 9.17) is 9.97 Å². The van der Waals surface area contributed by atoms with Crippen LogP contribution in [0.2, 0.25) is 0 Å². The standard InChI is InChI=1S/C52H38N4/c1-52(2,3)37-24-26-38(27-25-37)55-47-29-23-36(32-43(47)49-39-16-8-7-13-33(39)21-30-48(49)55)35-22-28-46-42(31-35)40-17-10-12-20-45(40)56(46)51-53-44-19-11-9-18-41(44)50(54-51)34-14-5-4-6-15-34/h4-32H,1-3H3. The predicted molar refractivity (Wildman–Crippen MR) is 235 cm³/mol. The van der Waals surface area contributed by atoms with Crippen molar-refractivity contribution in [2.45, 2.75) is 26.2 Å². The van der Waals surface area contributed by atoms with E-state index in [9.17, 15) is 0 Å². The first-order chi connectivity index (χ1) is 27.4. The minimum absolute atomic E-state index is 0.0888. The van der Waals surface area contributed by atoms with Gasteiger partial charge in [0.05, 0.1) is 33.3 Å². The van der Waals surface area contributed by atoms with Crippen LogP contribution in [0.1, 0.15) is 26.3 Å². The van der Waals surface area contributed by atoms with Crippen LogP contribution >= 0.6 is 0 Å². The summed E-state index contributed by atoms with van der Waals surface area (Å²) in [5, 5.41) is 8.41. The summed E-state index contributed by atoms with van der Waals surface area (Å²) >= 11 is 0. The van der Waals surface area contributed by atoms with Crippen molar-refractivity contribution in [3.05, 3.63) is 181 Å². The molecule has 3 heterocycles. The molecule has 4 nitrogen and oxygen atoms in total. The van der Waals surface area contributed by atoms with Gasteiger partial charge in [0.2, 0.25) is 5.95 Å². The molecule has 11 rings (SSSR count). The maximum Gasteiger partial charge on any atom is 0.235 e. The third kappa shape index (κ3) is 4.99. The highest BCUT2D eigenvalue weighted by atomic mass is 15.2. The summed E-state index contributed by atoms with van der Waals surface area (Å²) in [6.07, 6.45) is 0. The number of benzene rings is 8. The Morgan fingerprint density at radius 1 is 0.411 bits per heavy atom. The lowest BCUT2D eigenvalue weighted by Crippen LogP contribution is -2.10. The molecular formula is C52H38N4. The zero-order chi connectivity index (χ0) is 37.5. The van der Waals surface area contributed by atoms with Crippen LogP contribution in [0.5, 0.6) is 0 Å². The fourth-order valence-corrected chi connectivity index (χ4v) is 8.71. The fraction of sp³-hybridized carbons (Fsp3) is 0.0769. The Morgan fingerprint density at radius 3 is 1.79 bits per heavy atom. The topological polar surface area (TPSA) is 35.6 Å². The molecular weight excluding hydrogens is 681 g/mol. The van der Waals surface area contributed by atoms with E-state index in [1.54, 1.807) is 0 Å². The molecule has 0 aliphatic rings. The van der Waals surface area contributed by atoms with Gasteiger partial charge in [-0.1, -0.05) is 142 Å². The third-order valence-corrected chi connectivity index (χ3v) is 11.5. The lowest BCUT2D eigenvalue weighted by Gasteiger charge is -2.19. The summed E-state index contributed by atoms with van der Waals surface area (Å²) in [6.45, 7) is 6.80. The second-order valence-electron chi connectivity index (χ2n) is 15.9. The number of para-hydroxylation sites is 2. The van der Waals surface area contributed by atoms with Crippen molar-refractivity contribution < 1.29 is 0 Å². The number of aromatic nitrogens is 4. The molecule has 0 aliphatic heterocycles. The molecule has 0 radical (unpaired) electrons. The van der Waals surface area contributed by atoms with E-state index in [0.29, 0.717) is 5.95 Å². The van der Waals surface area contributed by atoms with Crippen LogP contribution in [0.3, 0.4) is 0 Å².